The molecule has 6 nitrogen and oxygen atoms in total. The van der Waals surface area contributed by atoms with Crippen LogP contribution in [0.2, 0.25) is 0 Å². The first-order valence-electron chi connectivity index (χ1n) is 9.38. The largest absolute Gasteiger partial charge is 0.385 e. The number of carbonyl (C=O) groups excluding carboxylic acids is 1. The number of aromatic nitrogens is 3. The fourth-order valence-corrected chi connectivity index (χ4v) is 3.62. The maximum absolute atomic E-state index is 12.5. The normalized spacial score (nSPS) is 15.4. The lowest BCUT2D eigenvalue weighted by Gasteiger charge is -2.32. The van der Waals surface area contributed by atoms with Crippen LogP contribution in [-0.2, 0) is 17.7 Å². The van der Waals surface area contributed by atoms with Crippen molar-refractivity contribution in [3.05, 3.63) is 47.8 Å². The molecule has 26 heavy (non-hydrogen) atoms. The predicted octanol–water partition coefficient (Wildman–Crippen LogP) is 2.72. The number of hydrogen-bond acceptors (Lipinski definition) is 4. The summed E-state index contributed by atoms with van der Waals surface area (Å²) in [6.45, 7) is 5.45. The molecule has 1 saturated heterocycles. The van der Waals surface area contributed by atoms with E-state index in [0.29, 0.717) is 11.5 Å². The Morgan fingerprint density at radius 3 is 2.81 bits per heavy atom. The summed E-state index contributed by atoms with van der Waals surface area (Å²) in [5.74, 6) is 1.83. The third kappa shape index (κ3) is 4.49. The number of hydrogen-bond donors (Lipinski definition) is 0. The number of carbonyl (C=O) groups is 1. The monoisotopic (exact) mass is 356 g/mol. The molecule has 1 aliphatic rings. The zero-order valence-electron chi connectivity index (χ0n) is 15.7. The number of imidazole rings is 1. The number of likely N-dealkylation sites (tertiary alicyclic amines) is 1. The van der Waals surface area contributed by atoms with E-state index in [9.17, 15) is 4.79 Å². The average Bonchev–Trinajstić information content (AvgIpc) is 3.02. The number of amides is 1. The second kappa shape index (κ2) is 8.94. The summed E-state index contributed by atoms with van der Waals surface area (Å²) in [6.07, 6.45) is 9.33. The van der Waals surface area contributed by atoms with Crippen LogP contribution in [0.5, 0.6) is 0 Å². The molecule has 0 saturated carbocycles. The summed E-state index contributed by atoms with van der Waals surface area (Å²) in [5.41, 5.74) is 1.88. The first-order chi connectivity index (χ1) is 12.7. The number of ether oxygens (including phenoxy) is 1. The number of aryl methyl sites for hydroxylation is 1. The van der Waals surface area contributed by atoms with Gasteiger partial charge in [-0.1, -0.05) is 0 Å². The van der Waals surface area contributed by atoms with Crippen LogP contribution in [0.25, 0.3) is 0 Å². The van der Waals surface area contributed by atoms with Crippen molar-refractivity contribution >= 4 is 5.91 Å². The van der Waals surface area contributed by atoms with E-state index in [4.69, 9.17) is 4.74 Å². The molecular weight excluding hydrogens is 328 g/mol. The smallest absolute Gasteiger partial charge is 0.255 e. The second-order valence-electron chi connectivity index (χ2n) is 7.00. The summed E-state index contributed by atoms with van der Waals surface area (Å²) in [5, 5.41) is 0. The zero-order chi connectivity index (χ0) is 18.4. The zero-order valence-corrected chi connectivity index (χ0v) is 15.7. The maximum Gasteiger partial charge on any atom is 0.255 e. The van der Waals surface area contributed by atoms with Gasteiger partial charge >= 0.3 is 0 Å². The van der Waals surface area contributed by atoms with Gasteiger partial charge in [-0.15, -0.1) is 0 Å². The summed E-state index contributed by atoms with van der Waals surface area (Å²) in [4.78, 5) is 23.1. The van der Waals surface area contributed by atoms with Crippen molar-refractivity contribution in [3.63, 3.8) is 0 Å². The molecule has 1 amide bonds. The van der Waals surface area contributed by atoms with Gasteiger partial charge in [0.2, 0.25) is 0 Å². The highest BCUT2D eigenvalue weighted by Crippen LogP contribution is 2.23. The Morgan fingerprint density at radius 1 is 1.31 bits per heavy atom. The fourth-order valence-electron chi connectivity index (χ4n) is 3.62. The molecule has 2 aromatic heterocycles. The molecule has 0 aromatic carbocycles. The van der Waals surface area contributed by atoms with E-state index >= 15 is 0 Å². The van der Waals surface area contributed by atoms with Gasteiger partial charge in [0.15, 0.2) is 0 Å². The number of methoxy groups -OCH3 is 1. The molecule has 0 aliphatic carbocycles. The minimum atomic E-state index is 0.0912. The average molecular weight is 356 g/mol. The van der Waals surface area contributed by atoms with Crippen molar-refractivity contribution in [1.29, 1.82) is 0 Å². The van der Waals surface area contributed by atoms with Crippen LogP contribution in [0, 0.1) is 12.8 Å². The Balaban J connectivity index is 1.54. The quantitative estimate of drug-likeness (QED) is 0.716. The van der Waals surface area contributed by atoms with Crippen molar-refractivity contribution in [3.8, 4) is 0 Å². The van der Waals surface area contributed by atoms with Gasteiger partial charge in [-0.05, 0) is 44.2 Å². The molecule has 3 heterocycles. The lowest BCUT2D eigenvalue weighted by atomic mass is 9.93. The molecule has 140 valence electrons. The van der Waals surface area contributed by atoms with Gasteiger partial charge in [-0.2, -0.15) is 0 Å². The van der Waals surface area contributed by atoms with Gasteiger partial charge in [-0.3, -0.25) is 9.78 Å². The highest BCUT2D eigenvalue weighted by atomic mass is 16.5. The minimum absolute atomic E-state index is 0.0912. The Hall–Kier alpha value is -2.21. The standard InChI is InChI=1S/C20H28N4O2/c1-16-14-22-19(24(16)9-4-12-26-2)13-17-6-10-23(11-7-17)20(25)18-5-3-8-21-15-18/h3,5,8,14-15,17H,4,6-7,9-13H2,1-2H3. The van der Waals surface area contributed by atoms with Crippen LogP contribution in [0.4, 0.5) is 0 Å². The molecule has 0 N–H and O–H groups in total. The third-order valence-electron chi connectivity index (χ3n) is 5.15. The molecule has 1 fully saturated rings. The first-order valence-corrected chi connectivity index (χ1v) is 9.38. The first kappa shape index (κ1) is 18.6. The van der Waals surface area contributed by atoms with Crippen LogP contribution >= 0.6 is 0 Å². The molecule has 0 spiro atoms. The lowest BCUT2D eigenvalue weighted by Crippen LogP contribution is -2.39. The molecule has 1 aliphatic heterocycles. The Kier molecular flexibility index (Phi) is 6.39. The van der Waals surface area contributed by atoms with Crippen molar-refractivity contribution < 1.29 is 9.53 Å². The Bertz CT molecular complexity index is 706. The van der Waals surface area contributed by atoms with E-state index in [1.807, 2.05) is 23.2 Å². The number of piperidine rings is 1. The SMILES string of the molecule is COCCCn1c(C)cnc1CC1CCN(C(=O)c2cccnc2)CC1. The number of nitrogens with zero attached hydrogens (tertiary/aromatic N) is 4. The van der Waals surface area contributed by atoms with Crippen LogP contribution < -0.4 is 0 Å². The van der Waals surface area contributed by atoms with Gasteiger partial charge in [0.25, 0.3) is 5.91 Å². The van der Waals surface area contributed by atoms with Crippen molar-refractivity contribution in [2.75, 3.05) is 26.8 Å². The molecule has 0 atom stereocenters. The topological polar surface area (TPSA) is 60.2 Å². The van der Waals surface area contributed by atoms with E-state index < -0.39 is 0 Å². The maximum atomic E-state index is 12.5. The van der Waals surface area contributed by atoms with E-state index in [1.54, 1.807) is 19.5 Å². The van der Waals surface area contributed by atoms with E-state index in [1.165, 1.54) is 5.69 Å². The number of rotatable bonds is 7. The van der Waals surface area contributed by atoms with Gasteiger partial charge in [0, 0.05) is 64.1 Å². The van der Waals surface area contributed by atoms with Crippen LogP contribution in [0.3, 0.4) is 0 Å². The number of pyridine rings is 1. The van der Waals surface area contributed by atoms with Gasteiger partial charge in [0.1, 0.15) is 5.82 Å². The summed E-state index contributed by atoms with van der Waals surface area (Å²) >= 11 is 0. The van der Waals surface area contributed by atoms with Crippen molar-refractivity contribution in [2.45, 2.75) is 39.2 Å². The van der Waals surface area contributed by atoms with Crippen LogP contribution in [0.1, 0.15) is 41.1 Å². The highest BCUT2D eigenvalue weighted by Gasteiger charge is 2.25. The van der Waals surface area contributed by atoms with Crippen molar-refractivity contribution in [1.82, 2.24) is 19.4 Å². The molecule has 3 rings (SSSR count). The molecule has 0 bridgehead atoms. The van der Waals surface area contributed by atoms with E-state index in [0.717, 1.165) is 57.7 Å². The van der Waals surface area contributed by atoms with E-state index in [-0.39, 0.29) is 5.91 Å². The fraction of sp³-hybridized carbons (Fsp3) is 0.550. The molecular formula is C20H28N4O2. The Morgan fingerprint density at radius 2 is 2.12 bits per heavy atom. The molecule has 0 radical (unpaired) electrons. The Labute approximate surface area is 155 Å². The molecule has 6 heteroatoms. The third-order valence-corrected chi connectivity index (χ3v) is 5.15. The summed E-state index contributed by atoms with van der Waals surface area (Å²) in [6, 6.07) is 3.65. The van der Waals surface area contributed by atoms with Crippen molar-refractivity contribution in [2.24, 2.45) is 5.92 Å². The second-order valence-corrected chi connectivity index (χ2v) is 7.00. The summed E-state index contributed by atoms with van der Waals surface area (Å²) in [7, 11) is 1.74. The van der Waals surface area contributed by atoms with Crippen LogP contribution in [0.15, 0.2) is 30.7 Å². The van der Waals surface area contributed by atoms with Crippen LogP contribution in [-0.4, -0.2) is 52.1 Å². The van der Waals surface area contributed by atoms with Gasteiger partial charge < -0.3 is 14.2 Å². The predicted molar refractivity (Wildman–Crippen MR) is 100 cm³/mol. The molecule has 2 aromatic rings. The lowest BCUT2D eigenvalue weighted by molar-refractivity contribution is 0.0689. The van der Waals surface area contributed by atoms with Gasteiger partial charge in [0.05, 0.1) is 5.56 Å². The minimum Gasteiger partial charge on any atom is -0.385 e. The van der Waals surface area contributed by atoms with Gasteiger partial charge in [-0.25, -0.2) is 4.98 Å². The van der Waals surface area contributed by atoms with E-state index in [2.05, 4.69) is 21.5 Å². The highest BCUT2D eigenvalue weighted by molar-refractivity contribution is 5.93. The summed E-state index contributed by atoms with van der Waals surface area (Å²) < 4.78 is 7.48. The molecule has 0 unspecified atom stereocenters.